The highest BCUT2D eigenvalue weighted by Crippen LogP contribution is 2.24. The number of nitrogens with zero attached hydrogens (tertiary/aromatic N) is 1. The van der Waals surface area contributed by atoms with Crippen LogP contribution in [0.4, 0.5) is 0 Å². The molecule has 0 spiro atoms. The number of hydrogen-bond acceptors (Lipinski definition) is 1. The van der Waals surface area contributed by atoms with Crippen molar-refractivity contribution >= 4 is 0 Å². The van der Waals surface area contributed by atoms with Crippen molar-refractivity contribution in [3.63, 3.8) is 0 Å². The molecule has 82 valence electrons. The number of benzene rings is 2. The fourth-order valence-corrected chi connectivity index (χ4v) is 2.55. The lowest BCUT2D eigenvalue weighted by molar-refractivity contribution is 0.965. The van der Waals surface area contributed by atoms with E-state index in [4.69, 9.17) is 5.26 Å². The van der Waals surface area contributed by atoms with Crippen LogP contribution in [0.2, 0.25) is 0 Å². The second-order valence-electron chi connectivity index (χ2n) is 4.54. The van der Waals surface area contributed by atoms with Gasteiger partial charge in [0.05, 0.1) is 11.6 Å². The van der Waals surface area contributed by atoms with Gasteiger partial charge in [-0.05, 0) is 53.6 Å². The van der Waals surface area contributed by atoms with Crippen molar-refractivity contribution < 1.29 is 0 Å². The minimum Gasteiger partial charge on any atom is -0.192 e. The van der Waals surface area contributed by atoms with E-state index in [1.165, 1.54) is 22.3 Å². The molecule has 0 saturated carbocycles. The molecule has 0 unspecified atom stereocenters. The van der Waals surface area contributed by atoms with Gasteiger partial charge in [-0.15, -0.1) is 0 Å². The molecule has 0 bridgehead atoms. The van der Waals surface area contributed by atoms with E-state index in [0.717, 1.165) is 24.8 Å². The highest BCUT2D eigenvalue weighted by Gasteiger charge is 2.12. The van der Waals surface area contributed by atoms with Crippen LogP contribution in [0.1, 0.15) is 27.8 Å². The molecule has 2 aromatic carbocycles. The van der Waals surface area contributed by atoms with Crippen LogP contribution in [0.5, 0.6) is 0 Å². The molecule has 0 amide bonds. The van der Waals surface area contributed by atoms with E-state index < -0.39 is 0 Å². The van der Waals surface area contributed by atoms with Gasteiger partial charge in [0.1, 0.15) is 0 Å². The number of aryl methyl sites for hydroxylation is 2. The largest absolute Gasteiger partial charge is 0.192 e. The van der Waals surface area contributed by atoms with Crippen molar-refractivity contribution in [1.82, 2.24) is 0 Å². The lowest BCUT2D eigenvalue weighted by Gasteiger charge is -2.06. The van der Waals surface area contributed by atoms with Gasteiger partial charge in [-0.3, -0.25) is 0 Å². The zero-order valence-electron chi connectivity index (χ0n) is 9.61. The minimum atomic E-state index is 0.767. The van der Waals surface area contributed by atoms with Crippen molar-refractivity contribution in [3.8, 4) is 6.07 Å². The SMILES string of the molecule is N#Cc1ccc2c(c1)Cc1ccccc1CC2. The summed E-state index contributed by atoms with van der Waals surface area (Å²) in [4.78, 5) is 0. The van der Waals surface area contributed by atoms with Gasteiger partial charge in [0, 0.05) is 0 Å². The van der Waals surface area contributed by atoms with E-state index in [2.05, 4.69) is 36.4 Å². The van der Waals surface area contributed by atoms with Crippen LogP contribution in [-0.4, -0.2) is 0 Å². The van der Waals surface area contributed by atoms with Crippen molar-refractivity contribution in [1.29, 1.82) is 5.26 Å². The van der Waals surface area contributed by atoms with Gasteiger partial charge in [0.25, 0.3) is 0 Å². The van der Waals surface area contributed by atoms with Gasteiger partial charge in [0.15, 0.2) is 0 Å². The summed E-state index contributed by atoms with van der Waals surface area (Å²) in [5.74, 6) is 0. The summed E-state index contributed by atoms with van der Waals surface area (Å²) in [5.41, 5.74) is 6.32. The molecule has 2 aromatic rings. The fraction of sp³-hybridized carbons (Fsp3) is 0.188. The Morgan fingerprint density at radius 2 is 1.53 bits per heavy atom. The van der Waals surface area contributed by atoms with E-state index in [9.17, 15) is 0 Å². The second-order valence-corrected chi connectivity index (χ2v) is 4.54. The molecule has 17 heavy (non-hydrogen) atoms. The lowest BCUT2D eigenvalue weighted by Crippen LogP contribution is -1.93. The molecule has 0 radical (unpaired) electrons. The van der Waals surface area contributed by atoms with E-state index in [1.54, 1.807) is 0 Å². The first-order valence-corrected chi connectivity index (χ1v) is 5.95. The molecule has 0 N–H and O–H groups in total. The summed E-state index contributed by atoms with van der Waals surface area (Å²) in [5, 5.41) is 8.95. The first kappa shape index (κ1) is 10.1. The normalized spacial score (nSPS) is 13.1. The Bertz CT molecular complexity index is 605. The van der Waals surface area contributed by atoms with Crippen molar-refractivity contribution in [2.24, 2.45) is 0 Å². The quantitative estimate of drug-likeness (QED) is 0.667. The number of nitriles is 1. The molecule has 1 nitrogen and oxygen atoms in total. The maximum Gasteiger partial charge on any atom is 0.0991 e. The topological polar surface area (TPSA) is 23.8 Å². The molecule has 1 aliphatic rings. The Kier molecular flexibility index (Phi) is 2.42. The molecule has 0 atom stereocenters. The first-order chi connectivity index (χ1) is 8.36. The van der Waals surface area contributed by atoms with Gasteiger partial charge in [-0.1, -0.05) is 30.3 Å². The zero-order valence-corrected chi connectivity index (χ0v) is 9.61. The lowest BCUT2D eigenvalue weighted by atomic mass is 9.99. The Labute approximate surface area is 101 Å². The average Bonchev–Trinajstić information content (AvgIpc) is 2.56. The third-order valence-corrected chi connectivity index (χ3v) is 3.50. The highest BCUT2D eigenvalue weighted by molar-refractivity contribution is 5.44. The molecular weight excluding hydrogens is 206 g/mol. The molecule has 0 aromatic heterocycles. The van der Waals surface area contributed by atoms with E-state index in [-0.39, 0.29) is 0 Å². The molecule has 1 aliphatic carbocycles. The zero-order chi connectivity index (χ0) is 11.7. The maximum absolute atomic E-state index is 8.95. The highest BCUT2D eigenvalue weighted by atomic mass is 14.2. The number of fused-ring (bicyclic) bond motifs is 2. The average molecular weight is 219 g/mol. The van der Waals surface area contributed by atoms with E-state index in [0.29, 0.717) is 0 Å². The third kappa shape index (κ3) is 1.83. The van der Waals surface area contributed by atoms with Gasteiger partial charge < -0.3 is 0 Å². The van der Waals surface area contributed by atoms with Crippen molar-refractivity contribution in [3.05, 3.63) is 70.3 Å². The summed E-state index contributed by atoms with van der Waals surface area (Å²) in [7, 11) is 0. The first-order valence-electron chi connectivity index (χ1n) is 5.95. The van der Waals surface area contributed by atoms with Crippen molar-refractivity contribution in [2.45, 2.75) is 19.3 Å². The van der Waals surface area contributed by atoms with Gasteiger partial charge in [-0.25, -0.2) is 0 Å². The molecule has 0 aliphatic heterocycles. The number of hydrogen-bond donors (Lipinski definition) is 0. The van der Waals surface area contributed by atoms with E-state index in [1.807, 2.05) is 12.1 Å². The summed E-state index contributed by atoms with van der Waals surface area (Å²) >= 11 is 0. The Hall–Kier alpha value is -2.07. The molecule has 0 heterocycles. The Morgan fingerprint density at radius 3 is 2.29 bits per heavy atom. The monoisotopic (exact) mass is 219 g/mol. The standard InChI is InChI=1S/C16H13N/c17-11-12-5-6-14-8-7-13-3-1-2-4-15(13)10-16(14)9-12/h1-6,9H,7-8,10H2. The Balaban J connectivity index is 2.09. The van der Waals surface area contributed by atoms with Crippen LogP contribution in [-0.2, 0) is 19.3 Å². The van der Waals surface area contributed by atoms with Gasteiger partial charge in [-0.2, -0.15) is 5.26 Å². The Morgan fingerprint density at radius 1 is 0.824 bits per heavy atom. The van der Waals surface area contributed by atoms with Crippen LogP contribution in [0, 0.1) is 11.3 Å². The van der Waals surface area contributed by atoms with Crippen molar-refractivity contribution in [2.75, 3.05) is 0 Å². The summed E-state index contributed by atoms with van der Waals surface area (Å²) in [6.45, 7) is 0. The number of rotatable bonds is 0. The summed E-state index contributed by atoms with van der Waals surface area (Å²) in [6, 6.07) is 16.9. The smallest absolute Gasteiger partial charge is 0.0991 e. The van der Waals surface area contributed by atoms with Crippen LogP contribution < -0.4 is 0 Å². The molecular formula is C16H13N. The fourth-order valence-electron chi connectivity index (χ4n) is 2.55. The second kappa shape index (κ2) is 4.07. The molecule has 1 heteroatoms. The molecule has 3 rings (SSSR count). The predicted octanol–water partition coefficient (Wildman–Crippen LogP) is 3.25. The summed E-state index contributed by atoms with van der Waals surface area (Å²) < 4.78 is 0. The third-order valence-electron chi connectivity index (χ3n) is 3.50. The van der Waals surface area contributed by atoms with Gasteiger partial charge in [0.2, 0.25) is 0 Å². The van der Waals surface area contributed by atoms with Crippen LogP contribution in [0.25, 0.3) is 0 Å². The summed E-state index contributed by atoms with van der Waals surface area (Å²) in [6.07, 6.45) is 3.15. The minimum absolute atomic E-state index is 0.767. The molecule has 0 fully saturated rings. The van der Waals surface area contributed by atoms with Crippen LogP contribution in [0.3, 0.4) is 0 Å². The van der Waals surface area contributed by atoms with Crippen LogP contribution in [0.15, 0.2) is 42.5 Å². The van der Waals surface area contributed by atoms with Gasteiger partial charge >= 0.3 is 0 Å². The maximum atomic E-state index is 8.95. The molecule has 0 saturated heterocycles. The van der Waals surface area contributed by atoms with E-state index >= 15 is 0 Å². The predicted molar refractivity (Wildman–Crippen MR) is 67.8 cm³/mol. The van der Waals surface area contributed by atoms with Crippen LogP contribution >= 0.6 is 0 Å².